The maximum absolute atomic E-state index is 5.81. The van der Waals surface area contributed by atoms with Gasteiger partial charge in [0.15, 0.2) is 11.6 Å². The third-order valence-corrected chi connectivity index (χ3v) is 3.86. The minimum atomic E-state index is -0.0332. The van der Waals surface area contributed by atoms with Crippen molar-refractivity contribution < 1.29 is 0 Å². The second-order valence-electron chi connectivity index (χ2n) is 5.52. The number of aromatic nitrogens is 7. The van der Waals surface area contributed by atoms with Crippen molar-refractivity contribution in [1.29, 1.82) is 0 Å². The Kier molecular flexibility index (Phi) is 3.18. The summed E-state index contributed by atoms with van der Waals surface area (Å²) in [4.78, 5) is 8.44. The Balaban J connectivity index is 1.61. The van der Waals surface area contributed by atoms with Crippen molar-refractivity contribution in [3.8, 4) is 5.82 Å². The molecule has 9 heteroatoms. The highest BCUT2D eigenvalue weighted by molar-refractivity contribution is 5.46. The number of hydrogen-bond donors (Lipinski definition) is 2. The molecule has 118 valence electrons. The molecular formula is C14H17N9. The summed E-state index contributed by atoms with van der Waals surface area (Å²) in [5, 5.41) is 16.0. The van der Waals surface area contributed by atoms with Crippen LogP contribution in [0.4, 0.5) is 11.8 Å². The highest BCUT2D eigenvalue weighted by Crippen LogP contribution is 2.22. The Hall–Kier alpha value is -2.97. The van der Waals surface area contributed by atoms with Gasteiger partial charge in [0, 0.05) is 31.4 Å². The summed E-state index contributed by atoms with van der Waals surface area (Å²) >= 11 is 0. The number of nitrogens with zero attached hydrogens (tertiary/aromatic N) is 7. The molecule has 23 heavy (non-hydrogen) atoms. The molecule has 4 heterocycles. The first-order valence-electron chi connectivity index (χ1n) is 7.54. The second kappa shape index (κ2) is 5.34. The standard InChI is InChI=1S/C14H17N9/c1-9(13-21-20-11-4-2-6-22(11)13)17-10-8-12(19-14(15)18-10)23-7-3-5-16-23/h3,5,7-9H,2,4,6H2,1H3,(H3,15,17,18,19)/t9-/m0/s1. The number of anilines is 2. The molecule has 3 aromatic rings. The van der Waals surface area contributed by atoms with Crippen molar-refractivity contribution >= 4 is 11.8 Å². The summed E-state index contributed by atoms with van der Waals surface area (Å²) in [5.74, 6) is 3.40. The predicted octanol–water partition coefficient (Wildman–Crippen LogP) is 0.955. The predicted molar refractivity (Wildman–Crippen MR) is 83.9 cm³/mol. The van der Waals surface area contributed by atoms with Crippen LogP contribution in [0.5, 0.6) is 0 Å². The normalized spacial score (nSPS) is 14.7. The fourth-order valence-electron chi connectivity index (χ4n) is 2.83. The van der Waals surface area contributed by atoms with Crippen molar-refractivity contribution in [3.63, 3.8) is 0 Å². The van der Waals surface area contributed by atoms with E-state index in [4.69, 9.17) is 5.73 Å². The van der Waals surface area contributed by atoms with E-state index in [1.165, 1.54) is 0 Å². The molecule has 0 radical (unpaired) electrons. The Morgan fingerprint density at radius 1 is 1.30 bits per heavy atom. The van der Waals surface area contributed by atoms with E-state index in [0.29, 0.717) is 11.6 Å². The molecule has 3 N–H and O–H groups in total. The molecule has 0 aromatic carbocycles. The van der Waals surface area contributed by atoms with Gasteiger partial charge in [-0.15, -0.1) is 10.2 Å². The number of hydrogen-bond acceptors (Lipinski definition) is 7. The van der Waals surface area contributed by atoms with E-state index in [-0.39, 0.29) is 12.0 Å². The van der Waals surface area contributed by atoms with E-state index in [2.05, 4.69) is 35.1 Å². The summed E-state index contributed by atoms with van der Waals surface area (Å²) in [6.45, 7) is 3.00. The van der Waals surface area contributed by atoms with Gasteiger partial charge in [-0.2, -0.15) is 15.1 Å². The second-order valence-corrected chi connectivity index (χ2v) is 5.52. The van der Waals surface area contributed by atoms with Gasteiger partial charge >= 0.3 is 0 Å². The van der Waals surface area contributed by atoms with E-state index >= 15 is 0 Å². The molecule has 0 amide bonds. The summed E-state index contributed by atoms with van der Waals surface area (Å²) in [5.41, 5.74) is 5.81. The van der Waals surface area contributed by atoms with Crippen LogP contribution in [-0.2, 0) is 13.0 Å². The lowest BCUT2D eigenvalue weighted by Gasteiger charge is -2.15. The van der Waals surface area contributed by atoms with E-state index in [1.807, 2.05) is 13.0 Å². The first kappa shape index (κ1) is 13.7. The summed E-state index contributed by atoms with van der Waals surface area (Å²) < 4.78 is 3.80. The van der Waals surface area contributed by atoms with Gasteiger partial charge in [0.05, 0.1) is 6.04 Å². The molecule has 0 unspecified atom stereocenters. The van der Waals surface area contributed by atoms with E-state index in [1.54, 1.807) is 23.1 Å². The average Bonchev–Trinajstić information content (AvgIpc) is 3.24. The van der Waals surface area contributed by atoms with Crippen LogP contribution in [0.25, 0.3) is 5.82 Å². The van der Waals surface area contributed by atoms with Crippen LogP contribution < -0.4 is 11.1 Å². The highest BCUT2D eigenvalue weighted by atomic mass is 15.3. The van der Waals surface area contributed by atoms with Crippen molar-refractivity contribution in [1.82, 2.24) is 34.5 Å². The Bertz CT molecular complexity index is 821. The monoisotopic (exact) mass is 311 g/mol. The lowest BCUT2D eigenvalue weighted by atomic mass is 10.3. The zero-order valence-electron chi connectivity index (χ0n) is 12.7. The Labute approximate surface area is 132 Å². The SMILES string of the molecule is C[C@H](Nc1cc(-n2cccn2)nc(N)n1)c1nnc2n1CCC2. The highest BCUT2D eigenvalue weighted by Gasteiger charge is 2.21. The number of fused-ring (bicyclic) bond motifs is 1. The molecule has 9 nitrogen and oxygen atoms in total. The maximum atomic E-state index is 5.81. The molecule has 0 saturated carbocycles. The van der Waals surface area contributed by atoms with E-state index in [9.17, 15) is 0 Å². The Morgan fingerprint density at radius 2 is 2.22 bits per heavy atom. The molecule has 0 fully saturated rings. The maximum Gasteiger partial charge on any atom is 0.224 e. The first-order valence-corrected chi connectivity index (χ1v) is 7.54. The van der Waals surface area contributed by atoms with Gasteiger partial charge in [0.25, 0.3) is 0 Å². The molecule has 3 aromatic heterocycles. The minimum Gasteiger partial charge on any atom is -0.368 e. The van der Waals surface area contributed by atoms with Crippen LogP contribution in [0, 0.1) is 0 Å². The van der Waals surface area contributed by atoms with Gasteiger partial charge in [-0.3, -0.25) is 0 Å². The summed E-state index contributed by atoms with van der Waals surface area (Å²) in [6.07, 6.45) is 5.60. The number of rotatable bonds is 4. The smallest absolute Gasteiger partial charge is 0.224 e. The van der Waals surface area contributed by atoms with Crippen LogP contribution in [-0.4, -0.2) is 34.5 Å². The van der Waals surface area contributed by atoms with Crippen molar-refractivity contribution in [2.75, 3.05) is 11.1 Å². The summed E-state index contributed by atoms with van der Waals surface area (Å²) in [7, 11) is 0. The lowest BCUT2D eigenvalue weighted by Crippen LogP contribution is -2.15. The molecule has 0 aliphatic carbocycles. The lowest BCUT2D eigenvalue weighted by molar-refractivity contribution is 0.651. The topological polar surface area (TPSA) is 112 Å². The van der Waals surface area contributed by atoms with E-state index < -0.39 is 0 Å². The molecular weight excluding hydrogens is 294 g/mol. The fraction of sp³-hybridized carbons (Fsp3) is 0.357. The molecule has 0 saturated heterocycles. The van der Waals surface area contributed by atoms with Gasteiger partial charge in [-0.1, -0.05) is 0 Å². The van der Waals surface area contributed by atoms with Crippen molar-refractivity contribution in [3.05, 3.63) is 36.2 Å². The molecule has 1 atom stereocenters. The molecule has 1 aliphatic heterocycles. The average molecular weight is 311 g/mol. The van der Waals surface area contributed by atoms with Gasteiger partial charge in [-0.25, -0.2) is 4.68 Å². The molecule has 1 aliphatic rings. The van der Waals surface area contributed by atoms with Gasteiger partial charge in [0.1, 0.15) is 11.6 Å². The molecule has 0 spiro atoms. The van der Waals surface area contributed by atoms with Gasteiger partial charge < -0.3 is 15.6 Å². The third-order valence-electron chi connectivity index (χ3n) is 3.86. The van der Waals surface area contributed by atoms with Gasteiger partial charge in [-0.05, 0) is 19.4 Å². The van der Waals surface area contributed by atoms with Gasteiger partial charge in [0.2, 0.25) is 5.95 Å². The van der Waals surface area contributed by atoms with Crippen molar-refractivity contribution in [2.45, 2.75) is 32.4 Å². The first-order chi connectivity index (χ1) is 11.2. The quantitative estimate of drug-likeness (QED) is 0.737. The number of nitrogens with one attached hydrogen (secondary N) is 1. The van der Waals surface area contributed by atoms with Crippen LogP contribution >= 0.6 is 0 Å². The van der Waals surface area contributed by atoms with Crippen LogP contribution in [0.3, 0.4) is 0 Å². The zero-order chi connectivity index (χ0) is 15.8. The van der Waals surface area contributed by atoms with Crippen LogP contribution in [0.1, 0.15) is 31.0 Å². The van der Waals surface area contributed by atoms with Crippen LogP contribution in [0.15, 0.2) is 24.5 Å². The largest absolute Gasteiger partial charge is 0.368 e. The van der Waals surface area contributed by atoms with E-state index in [0.717, 1.165) is 31.0 Å². The third kappa shape index (κ3) is 2.50. The van der Waals surface area contributed by atoms with Crippen molar-refractivity contribution in [2.24, 2.45) is 0 Å². The Morgan fingerprint density at radius 3 is 3.04 bits per heavy atom. The molecule has 4 rings (SSSR count). The number of nitrogens with two attached hydrogens (primary N) is 1. The minimum absolute atomic E-state index is 0.0332. The summed E-state index contributed by atoms with van der Waals surface area (Å²) in [6, 6.07) is 3.60. The zero-order valence-corrected chi connectivity index (χ0v) is 12.7. The number of nitrogen functional groups attached to an aromatic ring is 1. The molecule has 0 bridgehead atoms. The van der Waals surface area contributed by atoms with Crippen LogP contribution in [0.2, 0.25) is 0 Å². The number of aryl methyl sites for hydroxylation is 1. The fourth-order valence-corrected chi connectivity index (χ4v) is 2.83.